The second-order valence-electron chi connectivity index (χ2n) is 6.33. The zero-order valence-corrected chi connectivity index (χ0v) is 13.6. The molecular weight excluding hydrogens is 310 g/mol. The van der Waals surface area contributed by atoms with Gasteiger partial charge >= 0.3 is 5.97 Å². The molecule has 6 nitrogen and oxygen atoms in total. The average Bonchev–Trinajstić information content (AvgIpc) is 3.06. The van der Waals surface area contributed by atoms with Gasteiger partial charge in [0.25, 0.3) is 0 Å². The highest BCUT2D eigenvalue weighted by Crippen LogP contribution is 2.28. The number of amides is 1. The highest BCUT2D eigenvalue weighted by molar-refractivity contribution is 5.84. The summed E-state index contributed by atoms with van der Waals surface area (Å²) < 4.78 is 11.0. The first-order valence-electron chi connectivity index (χ1n) is 8.53. The molecule has 0 saturated carbocycles. The molecule has 24 heavy (non-hydrogen) atoms. The fraction of sp³-hybridized carbons (Fsp3) is 0.556. The van der Waals surface area contributed by atoms with Crippen molar-refractivity contribution in [1.29, 1.82) is 0 Å². The van der Waals surface area contributed by atoms with Crippen LogP contribution >= 0.6 is 0 Å². The van der Waals surface area contributed by atoms with E-state index in [1.165, 1.54) is 0 Å². The van der Waals surface area contributed by atoms with Crippen LogP contribution in [0.1, 0.15) is 49.3 Å². The molecule has 0 radical (unpaired) electrons. The van der Waals surface area contributed by atoms with E-state index in [1.807, 2.05) is 6.07 Å². The monoisotopic (exact) mass is 333 g/mol. The van der Waals surface area contributed by atoms with Gasteiger partial charge in [-0.2, -0.15) is 0 Å². The maximum Gasteiger partial charge on any atom is 0.330 e. The topological polar surface area (TPSA) is 84.9 Å². The van der Waals surface area contributed by atoms with Gasteiger partial charge in [-0.25, -0.2) is 4.79 Å². The molecule has 130 valence electrons. The van der Waals surface area contributed by atoms with Crippen molar-refractivity contribution < 1.29 is 24.2 Å². The van der Waals surface area contributed by atoms with Gasteiger partial charge in [-0.05, 0) is 48.9 Å². The van der Waals surface area contributed by atoms with Crippen LogP contribution < -0.4 is 10.1 Å². The Morgan fingerprint density at radius 2 is 2.17 bits per heavy atom. The van der Waals surface area contributed by atoms with Crippen LogP contribution in [0.25, 0.3) is 0 Å². The first-order chi connectivity index (χ1) is 11.6. The Morgan fingerprint density at radius 1 is 1.29 bits per heavy atom. The largest absolute Gasteiger partial charge is 0.493 e. The lowest BCUT2D eigenvalue weighted by atomic mass is 10.0. The summed E-state index contributed by atoms with van der Waals surface area (Å²) in [4.78, 5) is 23.7. The number of benzene rings is 1. The predicted molar refractivity (Wildman–Crippen MR) is 87.0 cm³/mol. The van der Waals surface area contributed by atoms with Crippen molar-refractivity contribution in [3.05, 3.63) is 29.3 Å². The Kier molecular flexibility index (Phi) is 5.35. The number of carboxylic acids is 1. The van der Waals surface area contributed by atoms with E-state index in [0.29, 0.717) is 18.6 Å². The molecule has 2 heterocycles. The molecule has 2 N–H and O–H groups in total. The molecule has 0 bridgehead atoms. The molecule has 0 aliphatic carbocycles. The molecule has 2 atom stereocenters. The van der Waals surface area contributed by atoms with E-state index >= 15 is 0 Å². The number of ether oxygens (including phenoxy) is 2. The summed E-state index contributed by atoms with van der Waals surface area (Å²) >= 11 is 0. The SMILES string of the molecule is O=C(CCC1CCCCO1)NC(C(=O)O)c1ccc2c(c1)CCO2. The number of aliphatic carboxylic acids is 1. The van der Waals surface area contributed by atoms with E-state index < -0.39 is 12.0 Å². The van der Waals surface area contributed by atoms with Crippen LogP contribution in [-0.2, 0) is 20.7 Å². The molecular formula is C18H23NO5. The van der Waals surface area contributed by atoms with E-state index in [9.17, 15) is 14.7 Å². The first-order valence-corrected chi connectivity index (χ1v) is 8.53. The lowest BCUT2D eigenvalue weighted by Gasteiger charge is -2.22. The maximum absolute atomic E-state index is 12.2. The van der Waals surface area contributed by atoms with Gasteiger partial charge in [0.05, 0.1) is 12.7 Å². The summed E-state index contributed by atoms with van der Waals surface area (Å²) in [6.07, 6.45) is 4.97. The lowest BCUT2D eigenvalue weighted by molar-refractivity contribution is -0.142. The Morgan fingerprint density at radius 3 is 2.92 bits per heavy atom. The van der Waals surface area contributed by atoms with E-state index in [0.717, 1.165) is 43.6 Å². The summed E-state index contributed by atoms with van der Waals surface area (Å²) in [5, 5.41) is 12.1. The first kappa shape index (κ1) is 16.8. The Bertz CT molecular complexity index is 609. The van der Waals surface area contributed by atoms with Crippen LogP contribution in [0.15, 0.2) is 18.2 Å². The van der Waals surface area contributed by atoms with E-state index in [2.05, 4.69) is 5.32 Å². The molecule has 6 heteroatoms. The van der Waals surface area contributed by atoms with E-state index in [1.54, 1.807) is 12.1 Å². The molecule has 1 aromatic rings. The molecule has 1 aromatic carbocycles. The second-order valence-corrected chi connectivity index (χ2v) is 6.33. The van der Waals surface area contributed by atoms with Gasteiger partial charge < -0.3 is 19.9 Å². The number of hydrogen-bond acceptors (Lipinski definition) is 4. The number of hydrogen-bond donors (Lipinski definition) is 2. The van der Waals surface area contributed by atoms with Gasteiger partial charge in [0.15, 0.2) is 6.04 Å². The Hall–Kier alpha value is -2.08. The minimum atomic E-state index is -1.06. The second kappa shape index (κ2) is 7.66. The van der Waals surface area contributed by atoms with Crippen LogP contribution in [0, 0.1) is 0 Å². The highest BCUT2D eigenvalue weighted by Gasteiger charge is 2.25. The van der Waals surface area contributed by atoms with Crippen LogP contribution in [0.4, 0.5) is 0 Å². The summed E-state index contributed by atoms with van der Waals surface area (Å²) in [7, 11) is 0. The quantitative estimate of drug-likeness (QED) is 0.834. The molecule has 0 aromatic heterocycles. The third kappa shape index (κ3) is 4.06. The molecule has 2 aliphatic heterocycles. The number of rotatable bonds is 6. The maximum atomic E-state index is 12.2. The van der Waals surface area contributed by atoms with Gasteiger partial charge in [-0.15, -0.1) is 0 Å². The highest BCUT2D eigenvalue weighted by atomic mass is 16.5. The van der Waals surface area contributed by atoms with Crippen molar-refractivity contribution in [2.24, 2.45) is 0 Å². The Labute approximate surface area is 141 Å². The van der Waals surface area contributed by atoms with Gasteiger partial charge in [0, 0.05) is 19.4 Å². The average molecular weight is 333 g/mol. The lowest BCUT2D eigenvalue weighted by Crippen LogP contribution is -2.34. The number of carbonyl (C=O) groups excluding carboxylic acids is 1. The van der Waals surface area contributed by atoms with Gasteiger partial charge in [0.2, 0.25) is 5.91 Å². The smallest absolute Gasteiger partial charge is 0.330 e. The zero-order valence-electron chi connectivity index (χ0n) is 13.6. The summed E-state index contributed by atoms with van der Waals surface area (Å²) in [6.45, 7) is 1.37. The molecule has 3 rings (SSSR count). The molecule has 2 aliphatic rings. The summed E-state index contributed by atoms with van der Waals surface area (Å²) in [6, 6.07) is 4.25. The fourth-order valence-corrected chi connectivity index (χ4v) is 3.23. The minimum absolute atomic E-state index is 0.116. The van der Waals surface area contributed by atoms with Crippen molar-refractivity contribution in [3.63, 3.8) is 0 Å². The summed E-state index contributed by atoms with van der Waals surface area (Å²) in [5.74, 6) is -0.520. The van der Waals surface area contributed by atoms with Gasteiger partial charge in [-0.3, -0.25) is 4.79 Å². The normalized spacial score (nSPS) is 20.8. The van der Waals surface area contributed by atoms with Gasteiger partial charge in [0.1, 0.15) is 5.75 Å². The molecule has 1 amide bonds. The van der Waals surface area contributed by atoms with Crippen LogP contribution in [-0.4, -0.2) is 36.3 Å². The third-order valence-corrected chi connectivity index (χ3v) is 4.57. The van der Waals surface area contributed by atoms with Crippen molar-refractivity contribution in [1.82, 2.24) is 5.32 Å². The van der Waals surface area contributed by atoms with Crippen molar-refractivity contribution in [3.8, 4) is 5.75 Å². The number of nitrogens with one attached hydrogen (secondary N) is 1. The van der Waals surface area contributed by atoms with Crippen molar-refractivity contribution in [2.45, 2.75) is 50.7 Å². The van der Waals surface area contributed by atoms with Crippen molar-refractivity contribution in [2.75, 3.05) is 13.2 Å². The predicted octanol–water partition coefficient (Wildman–Crippen LogP) is 2.21. The third-order valence-electron chi connectivity index (χ3n) is 4.57. The van der Waals surface area contributed by atoms with Crippen LogP contribution in [0.5, 0.6) is 5.75 Å². The number of fused-ring (bicyclic) bond motifs is 1. The van der Waals surface area contributed by atoms with Gasteiger partial charge in [-0.1, -0.05) is 6.07 Å². The molecule has 1 fully saturated rings. The molecule has 2 unspecified atom stereocenters. The number of carboxylic acid groups (broad SMARTS) is 1. The van der Waals surface area contributed by atoms with Crippen molar-refractivity contribution >= 4 is 11.9 Å². The molecule has 0 spiro atoms. The summed E-state index contributed by atoms with van der Waals surface area (Å²) in [5.41, 5.74) is 1.57. The van der Waals surface area contributed by atoms with Crippen LogP contribution in [0.3, 0.4) is 0 Å². The number of carbonyl (C=O) groups is 2. The van der Waals surface area contributed by atoms with Crippen LogP contribution in [0.2, 0.25) is 0 Å². The van der Waals surface area contributed by atoms with E-state index in [4.69, 9.17) is 9.47 Å². The standard InChI is InChI=1S/C18H23NO5/c20-16(7-5-14-3-1-2-9-23-14)19-17(18(21)22)13-4-6-15-12(11-13)8-10-24-15/h4,6,11,14,17H,1-3,5,7-10H2,(H,19,20)(H,21,22). The minimum Gasteiger partial charge on any atom is -0.493 e. The zero-order chi connectivity index (χ0) is 16.9. The Balaban J connectivity index is 1.59. The van der Waals surface area contributed by atoms with E-state index in [-0.39, 0.29) is 18.4 Å². The fourth-order valence-electron chi connectivity index (χ4n) is 3.23. The molecule has 1 saturated heterocycles.